The molecule has 1 unspecified atom stereocenters. The number of nitrogens with zero attached hydrogens (tertiary/aromatic N) is 2. The molecule has 1 aromatic rings. The zero-order chi connectivity index (χ0) is 10.0. The Morgan fingerprint density at radius 1 is 1.62 bits per heavy atom. The Kier molecular flexibility index (Phi) is 2.70. The van der Waals surface area contributed by atoms with Crippen LogP contribution in [0.2, 0.25) is 0 Å². The summed E-state index contributed by atoms with van der Waals surface area (Å²) in [4.78, 5) is 11.3. The molecule has 0 aliphatic rings. The molecule has 1 aromatic heterocycles. The third-order valence-corrected chi connectivity index (χ3v) is 2.04. The monoisotopic (exact) mass is 181 g/mol. The van der Waals surface area contributed by atoms with Crippen molar-refractivity contribution in [3.63, 3.8) is 0 Å². The Balaban J connectivity index is 2.94. The van der Waals surface area contributed by atoms with E-state index in [1.165, 1.54) is 0 Å². The maximum atomic E-state index is 11.3. The molecular formula is C9H15N3O. The molecule has 0 saturated carbocycles. The molecule has 0 spiro atoms. The lowest BCUT2D eigenvalue weighted by molar-refractivity contribution is -0.123. The first-order chi connectivity index (χ1) is 6.06. The second-order valence-electron chi connectivity index (χ2n) is 3.16. The van der Waals surface area contributed by atoms with E-state index in [1.807, 2.05) is 26.8 Å². The van der Waals surface area contributed by atoms with Crippen LogP contribution in [-0.4, -0.2) is 22.7 Å². The largest absolute Gasteiger partial charge is 0.357 e. The fourth-order valence-corrected chi connectivity index (χ4v) is 1.36. The molecule has 1 rings (SSSR count). The standard InChI is InChI=1S/C9H15N3O/c1-6-5-7(2)12(11-6)8(3)9(13)10-4/h5,8H,1-4H3,(H,10,13). The quantitative estimate of drug-likeness (QED) is 0.733. The van der Waals surface area contributed by atoms with Crippen LogP contribution >= 0.6 is 0 Å². The number of aryl methyl sites for hydroxylation is 2. The fourth-order valence-electron chi connectivity index (χ4n) is 1.36. The van der Waals surface area contributed by atoms with Crippen molar-refractivity contribution in [2.24, 2.45) is 0 Å². The fraction of sp³-hybridized carbons (Fsp3) is 0.556. The van der Waals surface area contributed by atoms with E-state index >= 15 is 0 Å². The summed E-state index contributed by atoms with van der Waals surface area (Å²) < 4.78 is 1.73. The highest BCUT2D eigenvalue weighted by atomic mass is 16.2. The van der Waals surface area contributed by atoms with Gasteiger partial charge in [-0.2, -0.15) is 5.10 Å². The van der Waals surface area contributed by atoms with Crippen LogP contribution in [0.1, 0.15) is 24.4 Å². The number of likely N-dealkylation sites (N-methyl/N-ethyl adjacent to an activating group) is 1. The number of rotatable bonds is 2. The number of amides is 1. The average Bonchev–Trinajstić information content (AvgIpc) is 2.42. The van der Waals surface area contributed by atoms with Gasteiger partial charge in [0, 0.05) is 12.7 Å². The number of hydrogen-bond donors (Lipinski definition) is 1. The third kappa shape index (κ3) is 1.88. The second kappa shape index (κ2) is 3.60. The van der Waals surface area contributed by atoms with Gasteiger partial charge >= 0.3 is 0 Å². The Bertz CT molecular complexity index is 317. The highest BCUT2D eigenvalue weighted by Crippen LogP contribution is 2.10. The highest BCUT2D eigenvalue weighted by molar-refractivity contribution is 5.79. The van der Waals surface area contributed by atoms with Crippen LogP contribution in [0.15, 0.2) is 6.07 Å². The molecular weight excluding hydrogens is 166 g/mol. The van der Waals surface area contributed by atoms with Crippen LogP contribution in [0.5, 0.6) is 0 Å². The van der Waals surface area contributed by atoms with Gasteiger partial charge in [-0.05, 0) is 26.8 Å². The van der Waals surface area contributed by atoms with Crippen molar-refractivity contribution in [1.82, 2.24) is 15.1 Å². The van der Waals surface area contributed by atoms with Crippen LogP contribution < -0.4 is 5.32 Å². The molecule has 0 aliphatic carbocycles. The van der Waals surface area contributed by atoms with Gasteiger partial charge in [0.1, 0.15) is 6.04 Å². The van der Waals surface area contributed by atoms with Gasteiger partial charge < -0.3 is 5.32 Å². The van der Waals surface area contributed by atoms with Crippen molar-refractivity contribution in [1.29, 1.82) is 0 Å². The summed E-state index contributed by atoms with van der Waals surface area (Å²) in [7, 11) is 1.63. The first kappa shape index (κ1) is 9.77. The summed E-state index contributed by atoms with van der Waals surface area (Å²) in [5, 5.41) is 6.83. The lowest BCUT2D eigenvalue weighted by atomic mass is 10.3. The second-order valence-corrected chi connectivity index (χ2v) is 3.16. The molecule has 0 bridgehead atoms. The maximum Gasteiger partial charge on any atom is 0.244 e. The van der Waals surface area contributed by atoms with Crippen molar-refractivity contribution >= 4 is 5.91 Å². The molecule has 13 heavy (non-hydrogen) atoms. The van der Waals surface area contributed by atoms with E-state index in [2.05, 4.69) is 10.4 Å². The molecule has 0 fully saturated rings. The molecule has 4 heteroatoms. The minimum Gasteiger partial charge on any atom is -0.357 e. The molecule has 4 nitrogen and oxygen atoms in total. The molecule has 1 atom stereocenters. The van der Waals surface area contributed by atoms with E-state index in [4.69, 9.17) is 0 Å². The third-order valence-electron chi connectivity index (χ3n) is 2.04. The summed E-state index contributed by atoms with van der Waals surface area (Å²) in [6.07, 6.45) is 0. The summed E-state index contributed by atoms with van der Waals surface area (Å²) >= 11 is 0. The Hall–Kier alpha value is -1.32. The van der Waals surface area contributed by atoms with Gasteiger partial charge in [-0.1, -0.05) is 0 Å². The molecule has 1 heterocycles. The van der Waals surface area contributed by atoms with E-state index in [9.17, 15) is 4.79 Å². The smallest absolute Gasteiger partial charge is 0.244 e. The maximum absolute atomic E-state index is 11.3. The Labute approximate surface area is 77.9 Å². The predicted molar refractivity (Wildman–Crippen MR) is 50.5 cm³/mol. The van der Waals surface area contributed by atoms with E-state index in [1.54, 1.807) is 11.7 Å². The number of carbonyl (C=O) groups is 1. The van der Waals surface area contributed by atoms with Gasteiger partial charge in [0.05, 0.1) is 5.69 Å². The highest BCUT2D eigenvalue weighted by Gasteiger charge is 2.15. The topological polar surface area (TPSA) is 46.9 Å². The van der Waals surface area contributed by atoms with Crippen molar-refractivity contribution < 1.29 is 4.79 Å². The van der Waals surface area contributed by atoms with Crippen LogP contribution in [0, 0.1) is 13.8 Å². The molecule has 0 aliphatic heterocycles. The lowest BCUT2D eigenvalue weighted by Gasteiger charge is -2.11. The normalized spacial score (nSPS) is 12.6. The van der Waals surface area contributed by atoms with E-state index in [0.717, 1.165) is 11.4 Å². The number of carbonyl (C=O) groups excluding carboxylic acids is 1. The van der Waals surface area contributed by atoms with Crippen molar-refractivity contribution in [2.75, 3.05) is 7.05 Å². The molecule has 0 radical (unpaired) electrons. The van der Waals surface area contributed by atoms with Crippen LogP contribution in [0.3, 0.4) is 0 Å². The van der Waals surface area contributed by atoms with Gasteiger partial charge in [0.2, 0.25) is 5.91 Å². The van der Waals surface area contributed by atoms with Gasteiger partial charge in [0.15, 0.2) is 0 Å². The van der Waals surface area contributed by atoms with Crippen LogP contribution in [0.4, 0.5) is 0 Å². The van der Waals surface area contributed by atoms with Gasteiger partial charge in [-0.15, -0.1) is 0 Å². The molecule has 0 aromatic carbocycles. The summed E-state index contributed by atoms with van der Waals surface area (Å²) in [5.74, 6) is -0.0220. The van der Waals surface area contributed by atoms with E-state index in [0.29, 0.717) is 0 Å². The molecule has 1 N–H and O–H groups in total. The Morgan fingerprint density at radius 2 is 2.23 bits per heavy atom. The van der Waals surface area contributed by atoms with Crippen molar-refractivity contribution in [3.8, 4) is 0 Å². The van der Waals surface area contributed by atoms with Gasteiger partial charge in [-0.3, -0.25) is 9.48 Å². The lowest BCUT2D eigenvalue weighted by Crippen LogP contribution is -2.28. The van der Waals surface area contributed by atoms with Crippen molar-refractivity contribution in [3.05, 3.63) is 17.5 Å². The average molecular weight is 181 g/mol. The summed E-state index contributed by atoms with van der Waals surface area (Å²) in [5.41, 5.74) is 1.95. The number of hydrogen-bond acceptors (Lipinski definition) is 2. The minimum absolute atomic E-state index is 0.0220. The predicted octanol–water partition coefficient (Wildman–Crippen LogP) is 0.807. The van der Waals surface area contributed by atoms with Crippen molar-refractivity contribution in [2.45, 2.75) is 26.8 Å². The summed E-state index contributed by atoms with van der Waals surface area (Å²) in [6, 6.07) is 1.72. The first-order valence-electron chi connectivity index (χ1n) is 4.30. The number of nitrogens with one attached hydrogen (secondary N) is 1. The molecule has 0 saturated heterocycles. The Morgan fingerprint density at radius 3 is 2.62 bits per heavy atom. The van der Waals surface area contributed by atoms with E-state index < -0.39 is 0 Å². The minimum atomic E-state index is -0.237. The SMILES string of the molecule is CNC(=O)C(C)n1nc(C)cc1C. The molecule has 1 amide bonds. The summed E-state index contributed by atoms with van der Waals surface area (Å²) in [6.45, 7) is 5.69. The van der Waals surface area contributed by atoms with Gasteiger partial charge in [-0.25, -0.2) is 0 Å². The number of aromatic nitrogens is 2. The molecule has 72 valence electrons. The van der Waals surface area contributed by atoms with E-state index in [-0.39, 0.29) is 11.9 Å². The van der Waals surface area contributed by atoms with Gasteiger partial charge in [0.25, 0.3) is 0 Å². The zero-order valence-electron chi connectivity index (χ0n) is 8.46. The first-order valence-corrected chi connectivity index (χ1v) is 4.30. The van der Waals surface area contributed by atoms with Crippen LogP contribution in [0.25, 0.3) is 0 Å². The zero-order valence-corrected chi connectivity index (χ0v) is 8.46. The van der Waals surface area contributed by atoms with Crippen LogP contribution in [-0.2, 0) is 4.79 Å².